The van der Waals surface area contributed by atoms with Gasteiger partial charge in [-0.05, 0) is 75.3 Å². The number of nitrogens with one attached hydrogen (secondary N) is 2. The number of aromatic nitrogens is 3. The van der Waals surface area contributed by atoms with Gasteiger partial charge in [0.1, 0.15) is 5.82 Å². The van der Waals surface area contributed by atoms with E-state index in [0.717, 1.165) is 37.0 Å². The quantitative estimate of drug-likeness (QED) is 0.300. The molecule has 0 aromatic carbocycles. The van der Waals surface area contributed by atoms with E-state index in [0.29, 0.717) is 79.5 Å². The Hall–Kier alpha value is -4.42. The number of rotatable bonds is 10. The number of carbonyl (C=O) groups is 2. The van der Waals surface area contributed by atoms with Crippen molar-refractivity contribution in [2.45, 2.75) is 69.1 Å². The van der Waals surface area contributed by atoms with Crippen LogP contribution in [0.4, 0.5) is 10.2 Å². The second kappa shape index (κ2) is 11.8. The average molecular weight is 616 g/mol. The molecule has 12 heteroatoms. The lowest BCUT2D eigenvalue weighted by molar-refractivity contribution is -0.165. The Labute approximate surface area is 258 Å². The molecule has 0 radical (unpaired) electrons. The molecule has 3 N–H and O–H groups in total. The molecule has 8 rings (SSSR count). The van der Waals surface area contributed by atoms with Crippen molar-refractivity contribution in [2.75, 3.05) is 25.1 Å². The number of anilines is 1. The second-order valence-corrected chi connectivity index (χ2v) is 12.3. The van der Waals surface area contributed by atoms with Gasteiger partial charge < -0.3 is 30.0 Å². The Balaban J connectivity index is 0.961. The number of hydrogen-bond donors (Lipinski definition) is 3. The van der Waals surface area contributed by atoms with Gasteiger partial charge in [0.25, 0.3) is 5.91 Å². The lowest BCUT2D eigenvalue weighted by Gasteiger charge is -2.53. The lowest BCUT2D eigenvalue weighted by atomic mass is 9.69. The van der Waals surface area contributed by atoms with Gasteiger partial charge in [-0.2, -0.15) is 0 Å². The summed E-state index contributed by atoms with van der Waals surface area (Å²) >= 11 is 0. The minimum absolute atomic E-state index is 0.000151. The average Bonchev–Trinajstić information content (AvgIpc) is 3.06. The first-order chi connectivity index (χ1) is 21.8. The maximum absolute atomic E-state index is 15.2. The number of nitrogens with zero attached hydrogens (tertiary/aromatic N) is 3. The number of fused-ring (bicyclic) bond motifs is 5. The van der Waals surface area contributed by atoms with Crippen LogP contribution >= 0.6 is 0 Å². The fourth-order valence-electron chi connectivity index (χ4n) is 6.55. The van der Waals surface area contributed by atoms with Crippen LogP contribution < -0.4 is 20.1 Å². The summed E-state index contributed by atoms with van der Waals surface area (Å²) in [5, 5.41) is 15.9. The number of ketones is 1. The zero-order valence-corrected chi connectivity index (χ0v) is 24.7. The molecule has 0 atom stereocenters. The van der Waals surface area contributed by atoms with Gasteiger partial charge in [0.05, 0.1) is 41.7 Å². The van der Waals surface area contributed by atoms with Crippen LogP contribution in [0.25, 0.3) is 11.0 Å². The van der Waals surface area contributed by atoms with Crippen LogP contribution in [0.2, 0.25) is 0 Å². The van der Waals surface area contributed by atoms with Gasteiger partial charge in [0, 0.05) is 30.1 Å². The molecule has 1 amide bonds. The first-order valence-electron chi connectivity index (χ1n) is 15.3. The van der Waals surface area contributed by atoms with Gasteiger partial charge in [-0.1, -0.05) is 5.57 Å². The first-order valence-corrected chi connectivity index (χ1v) is 15.3. The van der Waals surface area contributed by atoms with E-state index in [-0.39, 0.29) is 29.4 Å². The van der Waals surface area contributed by atoms with E-state index in [2.05, 4.69) is 25.6 Å². The summed E-state index contributed by atoms with van der Waals surface area (Å²) in [6.07, 6.45) is 9.90. The summed E-state index contributed by atoms with van der Waals surface area (Å²) in [5.74, 6) is 0.143. The van der Waals surface area contributed by atoms with Gasteiger partial charge in [-0.15, -0.1) is 0 Å². The molecule has 234 valence electrons. The maximum Gasteiger partial charge on any atom is 0.263 e. The predicted octanol–water partition coefficient (Wildman–Crippen LogP) is 4.41. The van der Waals surface area contributed by atoms with Crippen LogP contribution in [0, 0.1) is 5.82 Å². The topological polar surface area (TPSA) is 145 Å². The normalized spacial score (nSPS) is 24.0. The number of ether oxygens (including phenoxy) is 3. The molecule has 3 aliphatic heterocycles. The highest BCUT2D eigenvalue weighted by molar-refractivity contribution is 6.03. The summed E-state index contributed by atoms with van der Waals surface area (Å²) in [5.41, 5.74) is 2.77. The predicted molar refractivity (Wildman–Crippen MR) is 161 cm³/mol. The molecule has 0 spiro atoms. The lowest BCUT2D eigenvalue weighted by Crippen LogP contribution is -2.61. The number of allylic oxidation sites excluding steroid dienone is 2. The molecule has 1 saturated carbocycles. The largest absolute Gasteiger partial charge is 0.504 e. The number of amides is 1. The minimum Gasteiger partial charge on any atom is -0.504 e. The Morgan fingerprint density at radius 1 is 1.09 bits per heavy atom. The number of aliphatic hydroxyl groups excluding tert-OH is 1. The Morgan fingerprint density at radius 3 is 2.76 bits per heavy atom. The molecule has 2 aliphatic carbocycles. The molecular formula is C33H34FN5O6. The van der Waals surface area contributed by atoms with Crippen molar-refractivity contribution in [3.8, 4) is 11.6 Å². The highest BCUT2D eigenvalue weighted by atomic mass is 19.1. The van der Waals surface area contributed by atoms with Crippen LogP contribution in [0.5, 0.6) is 11.6 Å². The van der Waals surface area contributed by atoms with Crippen molar-refractivity contribution < 1.29 is 33.3 Å². The SMILES string of the molecule is O=C1COc2ccc(CNC34CCC(CCc5c(F)cnc6ccc(OCCC7=CC(=O)C(O)=CC7)nc56)(CC3)OC4)nc2N1. The zero-order chi connectivity index (χ0) is 31.0. The third-order valence-corrected chi connectivity index (χ3v) is 9.34. The maximum atomic E-state index is 15.2. The fraction of sp³-hybridized carbons (Fsp3) is 0.424. The molecule has 5 aliphatic rings. The molecule has 3 fully saturated rings. The van der Waals surface area contributed by atoms with Crippen molar-refractivity contribution in [2.24, 2.45) is 0 Å². The van der Waals surface area contributed by atoms with Gasteiger partial charge in [-0.3, -0.25) is 14.6 Å². The molecule has 6 heterocycles. The number of carbonyl (C=O) groups excluding carboxylic acids is 2. The summed E-state index contributed by atoms with van der Waals surface area (Å²) in [6, 6.07) is 7.22. The Kier molecular flexibility index (Phi) is 7.70. The molecule has 2 saturated heterocycles. The third-order valence-electron chi connectivity index (χ3n) is 9.34. The smallest absolute Gasteiger partial charge is 0.263 e. The third kappa shape index (κ3) is 6.12. The molecule has 2 bridgehead atoms. The monoisotopic (exact) mass is 615 g/mol. The number of aryl methyl sites for hydroxylation is 1. The highest BCUT2D eigenvalue weighted by Gasteiger charge is 2.49. The van der Waals surface area contributed by atoms with Gasteiger partial charge in [0.2, 0.25) is 11.7 Å². The molecule has 3 aromatic rings. The van der Waals surface area contributed by atoms with Crippen LogP contribution in [0.1, 0.15) is 56.2 Å². The first kappa shape index (κ1) is 29.3. The standard InChI is InChI=1S/C33H34FN5O6/c34-23-17-35-24-3-6-29(43-14-8-20-1-4-25(40)26(41)15-20)39-30(24)22(23)7-9-33-12-10-32(11-13-33,19-45-33)36-16-21-2-5-27-31(37-21)38-28(42)18-44-27/h2-6,15,17,36,40H,1,7-14,16,18-19H2,(H,37,38,42). The van der Waals surface area contributed by atoms with Crippen LogP contribution in [0.3, 0.4) is 0 Å². The van der Waals surface area contributed by atoms with E-state index in [9.17, 15) is 14.7 Å². The summed E-state index contributed by atoms with van der Waals surface area (Å²) in [7, 11) is 0. The summed E-state index contributed by atoms with van der Waals surface area (Å²) < 4.78 is 32.9. The molecule has 3 aromatic heterocycles. The fourth-order valence-corrected chi connectivity index (χ4v) is 6.55. The summed E-state index contributed by atoms with van der Waals surface area (Å²) in [6.45, 7) is 1.40. The summed E-state index contributed by atoms with van der Waals surface area (Å²) in [4.78, 5) is 36.8. The van der Waals surface area contributed by atoms with E-state index in [1.54, 1.807) is 12.1 Å². The zero-order valence-electron chi connectivity index (χ0n) is 24.7. The minimum atomic E-state index is -0.400. The Bertz CT molecular complexity index is 1720. The number of aliphatic hydroxyl groups is 1. The highest BCUT2D eigenvalue weighted by Crippen LogP contribution is 2.46. The Morgan fingerprint density at radius 2 is 1.96 bits per heavy atom. The van der Waals surface area contributed by atoms with E-state index in [4.69, 9.17) is 14.2 Å². The van der Waals surface area contributed by atoms with Crippen molar-refractivity contribution in [3.63, 3.8) is 0 Å². The van der Waals surface area contributed by atoms with E-state index >= 15 is 4.39 Å². The van der Waals surface area contributed by atoms with E-state index in [1.165, 1.54) is 18.3 Å². The molecule has 11 nitrogen and oxygen atoms in total. The molecule has 45 heavy (non-hydrogen) atoms. The van der Waals surface area contributed by atoms with Crippen molar-refractivity contribution in [1.29, 1.82) is 0 Å². The van der Waals surface area contributed by atoms with E-state index in [1.807, 2.05) is 12.1 Å². The van der Waals surface area contributed by atoms with Gasteiger partial charge >= 0.3 is 0 Å². The number of halogens is 1. The van der Waals surface area contributed by atoms with Crippen molar-refractivity contribution >= 4 is 28.5 Å². The number of pyridine rings is 3. The second-order valence-electron chi connectivity index (χ2n) is 12.3. The molecular weight excluding hydrogens is 581 g/mol. The number of hydrogen-bond acceptors (Lipinski definition) is 10. The van der Waals surface area contributed by atoms with Crippen LogP contribution in [0.15, 0.2) is 53.9 Å². The van der Waals surface area contributed by atoms with Crippen molar-refractivity contribution in [3.05, 3.63) is 71.0 Å². The van der Waals surface area contributed by atoms with Crippen LogP contribution in [-0.4, -0.2) is 62.7 Å². The van der Waals surface area contributed by atoms with Gasteiger partial charge in [0.15, 0.2) is 23.9 Å². The van der Waals surface area contributed by atoms with E-state index < -0.39 is 11.6 Å². The molecule has 0 unspecified atom stereocenters. The van der Waals surface area contributed by atoms with Gasteiger partial charge in [-0.25, -0.2) is 14.4 Å². The van der Waals surface area contributed by atoms with Crippen molar-refractivity contribution in [1.82, 2.24) is 20.3 Å². The van der Waals surface area contributed by atoms with Crippen LogP contribution in [-0.2, 0) is 27.3 Å².